The normalized spacial score (nSPS) is 16.8. The zero-order valence-electron chi connectivity index (χ0n) is 14.2. The van der Waals surface area contributed by atoms with E-state index in [-0.39, 0.29) is 16.2 Å². The Hall–Kier alpha value is -1.64. The van der Waals surface area contributed by atoms with Crippen molar-refractivity contribution in [3.05, 3.63) is 23.8 Å². The van der Waals surface area contributed by atoms with Gasteiger partial charge in [-0.25, -0.2) is 13.2 Å². The molecule has 0 bridgehead atoms. The van der Waals surface area contributed by atoms with Crippen LogP contribution in [0, 0.1) is 5.92 Å². The first kappa shape index (κ1) is 18.7. The number of carbonyl (C=O) groups excluding carboxylic acids is 1. The third-order valence-electron chi connectivity index (χ3n) is 4.27. The number of methoxy groups -OCH3 is 2. The van der Waals surface area contributed by atoms with Crippen molar-refractivity contribution in [1.82, 2.24) is 9.62 Å². The van der Waals surface area contributed by atoms with Crippen molar-refractivity contribution in [2.45, 2.75) is 17.7 Å². The maximum Gasteiger partial charge on any atom is 0.337 e. The molecule has 0 amide bonds. The predicted octanol–water partition coefficient (Wildman–Crippen LogP) is 1.10. The SMILES string of the molecule is CNCC1CCN(S(=O)(=O)c2ccc(C(=O)OC)cc2OC)CC1. The predicted molar refractivity (Wildman–Crippen MR) is 89.7 cm³/mol. The van der Waals surface area contributed by atoms with E-state index in [0.717, 1.165) is 19.4 Å². The Kier molecular flexibility index (Phi) is 6.20. The summed E-state index contributed by atoms with van der Waals surface area (Å²) in [6.07, 6.45) is 1.64. The summed E-state index contributed by atoms with van der Waals surface area (Å²) < 4.78 is 37.1. The molecule has 0 spiro atoms. The Morgan fingerprint density at radius 2 is 1.96 bits per heavy atom. The van der Waals surface area contributed by atoms with E-state index in [2.05, 4.69) is 10.1 Å². The summed E-state index contributed by atoms with van der Waals surface area (Å²) in [5.41, 5.74) is 0.251. The highest BCUT2D eigenvalue weighted by atomic mass is 32.2. The zero-order valence-corrected chi connectivity index (χ0v) is 15.1. The summed E-state index contributed by atoms with van der Waals surface area (Å²) in [6, 6.07) is 4.24. The first-order valence-corrected chi connectivity index (χ1v) is 9.29. The van der Waals surface area contributed by atoms with Gasteiger partial charge >= 0.3 is 5.97 Å². The van der Waals surface area contributed by atoms with E-state index in [0.29, 0.717) is 19.0 Å². The molecule has 0 aliphatic carbocycles. The van der Waals surface area contributed by atoms with Gasteiger partial charge in [-0.15, -0.1) is 0 Å². The highest BCUT2D eigenvalue weighted by Gasteiger charge is 2.31. The Balaban J connectivity index is 2.25. The summed E-state index contributed by atoms with van der Waals surface area (Å²) in [4.78, 5) is 11.7. The number of carbonyl (C=O) groups is 1. The molecule has 0 radical (unpaired) electrons. The molecule has 1 aliphatic rings. The van der Waals surface area contributed by atoms with E-state index in [9.17, 15) is 13.2 Å². The molecule has 2 rings (SSSR count). The lowest BCUT2D eigenvalue weighted by atomic mass is 9.98. The van der Waals surface area contributed by atoms with Crippen LogP contribution in [0.4, 0.5) is 0 Å². The molecule has 1 aliphatic heterocycles. The number of nitrogens with one attached hydrogen (secondary N) is 1. The van der Waals surface area contributed by atoms with Crippen molar-refractivity contribution < 1.29 is 22.7 Å². The van der Waals surface area contributed by atoms with Gasteiger partial charge in [-0.3, -0.25) is 0 Å². The minimum Gasteiger partial charge on any atom is -0.495 e. The van der Waals surface area contributed by atoms with Crippen LogP contribution in [0.25, 0.3) is 0 Å². The van der Waals surface area contributed by atoms with Crippen LogP contribution in [0.15, 0.2) is 23.1 Å². The maximum absolute atomic E-state index is 12.9. The summed E-state index contributed by atoms with van der Waals surface area (Å²) >= 11 is 0. The van der Waals surface area contributed by atoms with Gasteiger partial charge in [0.2, 0.25) is 10.0 Å². The molecule has 1 aromatic carbocycles. The van der Waals surface area contributed by atoms with Gasteiger partial charge in [0.05, 0.1) is 19.8 Å². The molecule has 1 aromatic rings. The third kappa shape index (κ3) is 3.88. The van der Waals surface area contributed by atoms with Crippen LogP contribution in [0.2, 0.25) is 0 Å². The molecule has 24 heavy (non-hydrogen) atoms. The van der Waals surface area contributed by atoms with Crippen LogP contribution in [0.3, 0.4) is 0 Å². The second-order valence-electron chi connectivity index (χ2n) is 5.76. The smallest absolute Gasteiger partial charge is 0.337 e. The van der Waals surface area contributed by atoms with Crippen LogP contribution in [-0.4, -0.2) is 59.6 Å². The lowest BCUT2D eigenvalue weighted by Gasteiger charge is -2.31. The summed E-state index contributed by atoms with van der Waals surface area (Å²) in [6.45, 7) is 1.86. The molecular weight excluding hydrogens is 332 g/mol. The molecule has 1 N–H and O–H groups in total. The number of rotatable bonds is 6. The van der Waals surface area contributed by atoms with Crippen LogP contribution in [-0.2, 0) is 14.8 Å². The molecular formula is C16H24N2O5S. The van der Waals surface area contributed by atoms with E-state index in [1.807, 2.05) is 7.05 Å². The van der Waals surface area contributed by atoms with Gasteiger partial charge in [0, 0.05) is 13.1 Å². The van der Waals surface area contributed by atoms with E-state index in [4.69, 9.17) is 4.74 Å². The van der Waals surface area contributed by atoms with Gasteiger partial charge < -0.3 is 14.8 Å². The number of esters is 1. The Morgan fingerprint density at radius 1 is 1.29 bits per heavy atom. The molecule has 0 aromatic heterocycles. The van der Waals surface area contributed by atoms with Crippen molar-refractivity contribution >= 4 is 16.0 Å². The zero-order chi connectivity index (χ0) is 17.7. The number of hydrogen-bond donors (Lipinski definition) is 1. The Morgan fingerprint density at radius 3 is 2.50 bits per heavy atom. The van der Waals surface area contributed by atoms with Crippen molar-refractivity contribution in [3.8, 4) is 5.75 Å². The van der Waals surface area contributed by atoms with E-state index in [1.165, 1.54) is 36.7 Å². The maximum atomic E-state index is 12.9. The minimum absolute atomic E-state index is 0.0738. The molecule has 0 atom stereocenters. The van der Waals surface area contributed by atoms with Crippen LogP contribution >= 0.6 is 0 Å². The summed E-state index contributed by atoms with van der Waals surface area (Å²) in [5, 5.41) is 3.13. The molecule has 0 saturated carbocycles. The van der Waals surface area contributed by atoms with Gasteiger partial charge in [0.1, 0.15) is 10.6 Å². The topological polar surface area (TPSA) is 84.9 Å². The second kappa shape index (κ2) is 7.96. The van der Waals surface area contributed by atoms with Crippen molar-refractivity contribution in [3.63, 3.8) is 0 Å². The summed E-state index contributed by atoms with van der Waals surface area (Å²) in [5.74, 6) is 0.102. The quantitative estimate of drug-likeness (QED) is 0.769. The molecule has 0 unspecified atom stereocenters. The number of benzene rings is 1. The minimum atomic E-state index is -3.66. The molecule has 134 valence electrons. The first-order chi connectivity index (χ1) is 11.4. The highest BCUT2D eigenvalue weighted by Crippen LogP contribution is 2.30. The molecule has 7 nitrogen and oxygen atoms in total. The molecule has 1 saturated heterocycles. The lowest BCUT2D eigenvalue weighted by Crippen LogP contribution is -2.40. The number of piperidine rings is 1. The van der Waals surface area contributed by atoms with Gasteiger partial charge in [0.15, 0.2) is 0 Å². The van der Waals surface area contributed by atoms with Gasteiger partial charge in [-0.1, -0.05) is 0 Å². The van der Waals surface area contributed by atoms with Crippen LogP contribution in [0.1, 0.15) is 23.2 Å². The van der Waals surface area contributed by atoms with E-state index < -0.39 is 16.0 Å². The fraction of sp³-hybridized carbons (Fsp3) is 0.562. The van der Waals surface area contributed by atoms with E-state index >= 15 is 0 Å². The Labute approximate surface area is 143 Å². The van der Waals surface area contributed by atoms with Crippen LogP contribution in [0.5, 0.6) is 5.75 Å². The van der Waals surface area contributed by atoms with Crippen molar-refractivity contribution in [2.75, 3.05) is 40.9 Å². The number of sulfonamides is 1. The fourth-order valence-electron chi connectivity index (χ4n) is 2.91. The number of ether oxygens (including phenoxy) is 2. The van der Waals surface area contributed by atoms with Crippen LogP contribution < -0.4 is 10.1 Å². The Bertz CT molecular complexity index is 682. The fourth-order valence-corrected chi connectivity index (χ4v) is 4.51. The molecule has 1 heterocycles. The average Bonchev–Trinajstić information content (AvgIpc) is 2.61. The monoisotopic (exact) mass is 356 g/mol. The van der Waals surface area contributed by atoms with Gasteiger partial charge in [0.25, 0.3) is 0 Å². The first-order valence-electron chi connectivity index (χ1n) is 7.85. The number of nitrogens with zero attached hydrogens (tertiary/aromatic N) is 1. The van der Waals surface area contributed by atoms with Gasteiger partial charge in [-0.05, 0) is 50.6 Å². The second-order valence-corrected chi connectivity index (χ2v) is 7.67. The van der Waals surface area contributed by atoms with Crippen molar-refractivity contribution in [2.24, 2.45) is 5.92 Å². The largest absolute Gasteiger partial charge is 0.495 e. The third-order valence-corrected chi connectivity index (χ3v) is 6.21. The molecule has 1 fully saturated rings. The standard InChI is InChI=1S/C16H24N2O5S/c1-17-11-12-6-8-18(9-7-12)24(20,21)15-5-4-13(16(19)23-3)10-14(15)22-2/h4-5,10,12,17H,6-9,11H2,1-3H3. The van der Waals surface area contributed by atoms with E-state index in [1.54, 1.807) is 0 Å². The number of hydrogen-bond acceptors (Lipinski definition) is 6. The van der Waals surface area contributed by atoms with Gasteiger partial charge in [-0.2, -0.15) is 4.31 Å². The average molecular weight is 356 g/mol. The summed E-state index contributed by atoms with van der Waals surface area (Å²) in [7, 11) is 0.899. The highest BCUT2D eigenvalue weighted by molar-refractivity contribution is 7.89. The molecule has 8 heteroatoms. The van der Waals surface area contributed by atoms with Crippen molar-refractivity contribution in [1.29, 1.82) is 0 Å². The lowest BCUT2D eigenvalue weighted by molar-refractivity contribution is 0.0600.